The summed E-state index contributed by atoms with van der Waals surface area (Å²) in [5.74, 6) is 1.60. The van der Waals surface area contributed by atoms with Crippen LogP contribution in [0.3, 0.4) is 0 Å². The molecule has 5 rings (SSSR count). The van der Waals surface area contributed by atoms with Crippen LogP contribution in [-0.2, 0) is 4.79 Å². The van der Waals surface area contributed by atoms with Gasteiger partial charge < -0.3 is 30.2 Å². The van der Waals surface area contributed by atoms with E-state index in [1.165, 1.54) is 6.20 Å². The van der Waals surface area contributed by atoms with Gasteiger partial charge in [-0.1, -0.05) is 23.8 Å². The standard InChI is InChI=1S/C32H33N5O5/c1-6-42-26-16-9-21(17-27(26)41-5)29-28(32(39)36-23-12-14-24(40-4)15-13-23)20(3)34-30-25(18-33-37(29)30)31(38)35-22-10-7-19(2)8-11-22/h7-18,29,34H,6H2,1-5H3,(H,35,38)(H,36,39). The fourth-order valence-corrected chi connectivity index (χ4v) is 4.86. The van der Waals surface area contributed by atoms with Crippen LogP contribution in [-0.4, -0.2) is 42.4 Å². The Kier molecular flexibility index (Phi) is 8.14. The quantitative estimate of drug-likeness (QED) is 0.235. The van der Waals surface area contributed by atoms with Gasteiger partial charge in [-0.3, -0.25) is 9.59 Å². The van der Waals surface area contributed by atoms with Gasteiger partial charge in [0.2, 0.25) is 0 Å². The van der Waals surface area contributed by atoms with Crippen molar-refractivity contribution in [2.45, 2.75) is 26.8 Å². The summed E-state index contributed by atoms with van der Waals surface area (Å²) in [5.41, 5.74) is 4.44. The minimum absolute atomic E-state index is 0.324. The third-order valence-electron chi connectivity index (χ3n) is 6.97. The lowest BCUT2D eigenvalue weighted by molar-refractivity contribution is -0.113. The molecule has 1 atom stereocenters. The van der Waals surface area contributed by atoms with E-state index in [1.54, 1.807) is 50.1 Å². The molecular formula is C32H33N5O5. The number of aromatic nitrogens is 2. The van der Waals surface area contributed by atoms with Gasteiger partial charge in [0.1, 0.15) is 23.2 Å². The lowest BCUT2D eigenvalue weighted by Crippen LogP contribution is -2.32. The number of benzene rings is 3. The largest absolute Gasteiger partial charge is 0.497 e. The zero-order chi connectivity index (χ0) is 29.8. The molecule has 3 N–H and O–H groups in total. The summed E-state index contributed by atoms with van der Waals surface area (Å²) >= 11 is 0. The fraction of sp³-hybridized carbons (Fsp3) is 0.219. The highest BCUT2D eigenvalue weighted by Crippen LogP contribution is 2.40. The number of amides is 2. The Hall–Kier alpha value is -5.25. The molecule has 2 amide bonds. The Morgan fingerprint density at radius 2 is 1.55 bits per heavy atom. The predicted octanol–water partition coefficient (Wildman–Crippen LogP) is 5.79. The lowest BCUT2D eigenvalue weighted by Gasteiger charge is -2.30. The van der Waals surface area contributed by atoms with Gasteiger partial charge in [-0.25, -0.2) is 4.68 Å². The zero-order valence-corrected chi connectivity index (χ0v) is 24.1. The highest BCUT2D eigenvalue weighted by Gasteiger charge is 2.36. The molecule has 2 heterocycles. The monoisotopic (exact) mass is 567 g/mol. The number of fused-ring (bicyclic) bond motifs is 1. The number of carbonyl (C=O) groups excluding carboxylic acids is 2. The molecule has 1 unspecified atom stereocenters. The third-order valence-corrected chi connectivity index (χ3v) is 6.97. The number of ether oxygens (including phenoxy) is 3. The molecule has 10 nitrogen and oxygen atoms in total. The van der Waals surface area contributed by atoms with Crippen LogP contribution in [0.15, 0.2) is 84.2 Å². The van der Waals surface area contributed by atoms with Crippen molar-refractivity contribution in [1.82, 2.24) is 9.78 Å². The van der Waals surface area contributed by atoms with Crippen LogP contribution in [0.4, 0.5) is 17.2 Å². The molecule has 3 aromatic carbocycles. The van der Waals surface area contributed by atoms with E-state index in [0.717, 1.165) is 11.1 Å². The van der Waals surface area contributed by atoms with E-state index in [0.29, 0.717) is 57.9 Å². The van der Waals surface area contributed by atoms with Crippen molar-refractivity contribution in [3.63, 3.8) is 0 Å². The maximum atomic E-state index is 13.8. The van der Waals surface area contributed by atoms with Crippen molar-refractivity contribution in [1.29, 1.82) is 0 Å². The number of carbonyl (C=O) groups is 2. The first-order valence-electron chi connectivity index (χ1n) is 13.5. The molecule has 1 aromatic heterocycles. The Balaban J connectivity index is 1.55. The first kappa shape index (κ1) is 28.3. The second-order valence-corrected chi connectivity index (χ2v) is 9.76. The molecule has 0 bridgehead atoms. The summed E-state index contributed by atoms with van der Waals surface area (Å²) in [6.45, 7) is 6.16. The maximum Gasteiger partial charge on any atom is 0.261 e. The average Bonchev–Trinajstić information content (AvgIpc) is 3.42. The van der Waals surface area contributed by atoms with Crippen molar-refractivity contribution in [3.05, 3.63) is 101 Å². The number of hydrogen-bond donors (Lipinski definition) is 3. The van der Waals surface area contributed by atoms with Crippen LogP contribution in [0.25, 0.3) is 0 Å². The van der Waals surface area contributed by atoms with Gasteiger partial charge in [-0.2, -0.15) is 5.10 Å². The summed E-state index contributed by atoms with van der Waals surface area (Å²) < 4.78 is 18.2. The van der Waals surface area contributed by atoms with Crippen LogP contribution in [0.5, 0.6) is 17.2 Å². The van der Waals surface area contributed by atoms with Gasteiger partial charge in [0.25, 0.3) is 11.8 Å². The molecule has 1 aliphatic rings. The predicted molar refractivity (Wildman–Crippen MR) is 162 cm³/mol. The van der Waals surface area contributed by atoms with Gasteiger partial charge in [-0.15, -0.1) is 0 Å². The molecule has 0 fully saturated rings. The number of allylic oxidation sites excluding steroid dienone is 1. The van der Waals surface area contributed by atoms with Crippen LogP contribution in [0, 0.1) is 6.92 Å². The normalized spacial score (nSPS) is 14.0. The van der Waals surface area contributed by atoms with Gasteiger partial charge in [-0.05, 0) is 74.9 Å². The fourth-order valence-electron chi connectivity index (χ4n) is 4.86. The number of hydrogen-bond acceptors (Lipinski definition) is 7. The first-order valence-corrected chi connectivity index (χ1v) is 13.5. The SMILES string of the molecule is CCOc1ccc(C2C(C(=O)Nc3ccc(OC)cc3)=C(C)Nc3c(C(=O)Nc4ccc(C)cc4)cnn32)cc1OC. The summed E-state index contributed by atoms with van der Waals surface area (Å²) in [4.78, 5) is 27.2. The van der Waals surface area contributed by atoms with Crippen LogP contribution in [0.1, 0.15) is 41.4 Å². The van der Waals surface area contributed by atoms with Gasteiger partial charge >= 0.3 is 0 Å². The topological polar surface area (TPSA) is 116 Å². The van der Waals surface area contributed by atoms with E-state index in [9.17, 15) is 9.59 Å². The van der Waals surface area contributed by atoms with Crippen LogP contribution < -0.4 is 30.2 Å². The second-order valence-electron chi connectivity index (χ2n) is 9.76. The number of nitrogens with zero attached hydrogens (tertiary/aromatic N) is 2. The molecule has 10 heteroatoms. The van der Waals surface area contributed by atoms with Crippen LogP contribution >= 0.6 is 0 Å². The molecule has 0 saturated heterocycles. The second kappa shape index (κ2) is 12.1. The van der Waals surface area contributed by atoms with Crippen molar-refractivity contribution in [3.8, 4) is 17.2 Å². The lowest BCUT2D eigenvalue weighted by atomic mass is 9.94. The molecule has 216 valence electrons. The molecule has 42 heavy (non-hydrogen) atoms. The summed E-state index contributed by atoms with van der Waals surface area (Å²) in [6.07, 6.45) is 1.50. The van der Waals surface area contributed by atoms with Crippen molar-refractivity contribution in [2.75, 3.05) is 36.8 Å². The van der Waals surface area contributed by atoms with E-state index in [-0.39, 0.29) is 11.8 Å². The Morgan fingerprint density at radius 1 is 0.881 bits per heavy atom. The highest BCUT2D eigenvalue weighted by molar-refractivity contribution is 6.09. The van der Waals surface area contributed by atoms with Gasteiger partial charge in [0, 0.05) is 17.1 Å². The van der Waals surface area contributed by atoms with Gasteiger partial charge in [0.05, 0.1) is 32.6 Å². The molecule has 0 radical (unpaired) electrons. The number of nitrogens with one attached hydrogen (secondary N) is 3. The summed E-state index contributed by atoms with van der Waals surface area (Å²) in [7, 11) is 3.15. The van der Waals surface area contributed by atoms with E-state index in [2.05, 4.69) is 21.0 Å². The minimum Gasteiger partial charge on any atom is -0.497 e. The molecule has 0 saturated carbocycles. The number of rotatable bonds is 9. The molecular weight excluding hydrogens is 534 g/mol. The average molecular weight is 568 g/mol. The van der Waals surface area contributed by atoms with E-state index >= 15 is 0 Å². The summed E-state index contributed by atoms with van der Waals surface area (Å²) in [6, 6.07) is 19.5. The third kappa shape index (κ3) is 5.64. The Morgan fingerprint density at radius 3 is 2.19 bits per heavy atom. The zero-order valence-electron chi connectivity index (χ0n) is 24.1. The van der Waals surface area contributed by atoms with Crippen LogP contribution in [0.2, 0.25) is 0 Å². The van der Waals surface area contributed by atoms with E-state index in [4.69, 9.17) is 14.2 Å². The van der Waals surface area contributed by atoms with Gasteiger partial charge in [0.15, 0.2) is 11.5 Å². The summed E-state index contributed by atoms with van der Waals surface area (Å²) in [5, 5.41) is 13.8. The number of methoxy groups -OCH3 is 2. The molecule has 0 aliphatic carbocycles. The molecule has 1 aliphatic heterocycles. The Bertz CT molecular complexity index is 1640. The number of anilines is 3. The number of aryl methyl sites for hydroxylation is 1. The van der Waals surface area contributed by atoms with E-state index < -0.39 is 6.04 Å². The smallest absolute Gasteiger partial charge is 0.261 e. The first-order chi connectivity index (χ1) is 20.3. The maximum absolute atomic E-state index is 13.8. The highest BCUT2D eigenvalue weighted by atomic mass is 16.5. The van der Waals surface area contributed by atoms with Crippen molar-refractivity contribution >= 4 is 29.0 Å². The van der Waals surface area contributed by atoms with Crippen molar-refractivity contribution in [2.24, 2.45) is 0 Å². The van der Waals surface area contributed by atoms with Crippen molar-refractivity contribution < 1.29 is 23.8 Å². The molecule has 0 spiro atoms. The minimum atomic E-state index is -0.676. The molecule has 4 aromatic rings. The Labute approximate surface area is 244 Å². The van der Waals surface area contributed by atoms with E-state index in [1.807, 2.05) is 56.3 Å².